The first-order valence-corrected chi connectivity index (χ1v) is 15.9. The van der Waals surface area contributed by atoms with Gasteiger partial charge in [-0.1, -0.05) is 48.0 Å². The Morgan fingerprint density at radius 2 is 1.73 bits per heavy atom. The van der Waals surface area contributed by atoms with Gasteiger partial charge in [0, 0.05) is 36.3 Å². The van der Waals surface area contributed by atoms with Crippen molar-refractivity contribution in [2.24, 2.45) is 5.92 Å². The van der Waals surface area contributed by atoms with Gasteiger partial charge in [-0.15, -0.1) is 0 Å². The van der Waals surface area contributed by atoms with Crippen LogP contribution < -0.4 is 10.1 Å². The molecule has 0 radical (unpaired) electrons. The number of para-hydroxylation sites is 1. The quantitative estimate of drug-likeness (QED) is 0.192. The Morgan fingerprint density at radius 3 is 2.51 bits per heavy atom. The predicted octanol–water partition coefficient (Wildman–Crippen LogP) is 7.12. The van der Waals surface area contributed by atoms with E-state index in [1.165, 1.54) is 0 Å². The van der Waals surface area contributed by atoms with E-state index >= 15 is 0 Å². The van der Waals surface area contributed by atoms with Gasteiger partial charge in [0.2, 0.25) is 10.0 Å². The Morgan fingerprint density at radius 1 is 1.00 bits per heavy atom. The summed E-state index contributed by atoms with van der Waals surface area (Å²) in [6.07, 6.45) is 3.40. The third-order valence-electron chi connectivity index (χ3n) is 7.07. The van der Waals surface area contributed by atoms with Gasteiger partial charge in [0.25, 0.3) is 0 Å². The van der Waals surface area contributed by atoms with Gasteiger partial charge < -0.3 is 10.1 Å². The van der Waals surface area contributed by atoms with Gasteiger partial charge in [-0.05, 0) is 77.2 Å². The molecule has 1 aliphatic rings. The summed E-state index contributed by atoms with van der Waals surface area (Å²) in [6, 6.07) is 25.5. The normalized spacial score (nSPS) is 16.1. The standard InChI is InChI=1S/C30H27BrClN5O3S/c31-26-19-34-37-29(17-28(35-30(26)37)25-10-4-5-11-27(25)32)33-18-21-7-6-16-36(20-21)41(38,39)24-14-12-23(13-15-24)40-22-8-2-1-3-9-22/h1-5,8-15,17,19,21,33H,6-7,16,18,20H2. The van der Waals surface area contributed by atoms with Gasteiger partial charge in [0.05, 0.1) is 21.3 Å². The fraction of sp³-hybridized carbons (Fsp3) is 0.200. The van der Waals surface area contributed by atoms with Crippen molar-refractivity contribution in [3.05, 3.63) is 101 Å². The monoisotopic (exact) mass is 651 g/mol. The Balaban J connectivity index is 1.17. The molecule has 0 spiro atoms. The highest BCUT2D eigenvalue weighted by atomic mass is 79.9. The number of rotatable bonds is 8. The molecule has 0 saturated carbocycles. The average molecular weight is 653 g/mol. The molecule has 1 atom stereocenters. The summed E-state index contributed by atoms with van der Waals surface area (Å²) >= 11 is 10.0. The number of halogens is 2. The first-order valence-electron chi connectivity index (χ1n) is 13.2. The van der Waals surface area contributed by atoms with Gasteiger partial charge in [0.15, 0.2) is 5.65 Å². The summed E-state index contributed by atoms with van der Waals surface area (Å²) in [6.45, 7) is 1.49. The number of ether oxygens (including phenoxy) is 1. The van der Waals surface area contributed by atoms with Crippen LogP contribution in [0.25, 0.3) is 16.9 Å². The molecular formula is C30H27BrClN5O3S. The maximum atomic E-state index is 13.5. The number of aromatic nitrogens is 3. The van der Waals surface area contributed by atoms with Crippen molar-refractivity contribution in [3.8, 4) is 22.8 Å². The molecule has 210 valence electrons. The van der Waals surface area contributed by atoms with Crippen LogP contribution in [0.4, 0.5) is 5.82 Å². The molecule has 1 unspecified atom stereocenters. The molecule has 1 N–H and O–H groups in total. The Hall–Kier alpha value is -3.44. The summed E-state index contributed by atoms with van der Waals surface area (Å²) in [4.78, 5) is 5.02. The van der Waals surface area contributed by atoms with Crippen LogP contribution in [0.5, 0.6) is 11.5 Å². The Bertz CT molecular complexity index is 1780. The van der Waals surface area contributed by atoms with Crippen molar-refractivity contribution in [2.75, 3.05) is 25.0 Å². The maximum absolute atomic E-state index is 13.5. The summed E-state index contributed by atoms with van der Waals surface area (Å²) in [5, 5.41) is 8.57. The van der Waals surface area contributed by atoms with Gasteiger partial charge in [0.1, 0.15) is 17.3 Å². The number of sulfonamides is 1. The lowest BCUT2D eigenvalue weighted by Gasteiger charge is -2.32. The van der Waals surface area contributed by atoms with Gasteiger partial charge in [-0.3, -0.25) is 0 Å². The molecular weight excluding hydrogens is 626 g/mol. The van der Waals surface area contributed by atoms with Crippen LogP contribution in [-0.4, -0.2) is 47.0 Å². The molecule has 8 nitrogen and oxygen atoms in total. The van der Waals surface area contributed by atoms with Crippen molar-refractivity contribution in [2.45, 2.75) is 17.7 Å². The summed E-state index contributed by atoms with van der Waals surface area (Å²) in [5.74, 6) is 2.15. The molecule has 3 aromatic carbocycles. The molecule has 5 aromatic rings. The van der Waals surface area contributed by atoms with Crippen molar-refractivity contribution >= 4 is 49.0 Å². The third-order valence-corrected chi connectivity index (χ3v) is 9.84. The SMILES string of the molecule is O=S(=O)(c1ccc(Oc2ccccc2)cc1)N1CCCC(CNc2cc(-c3ccccc3Cl)nc3c(Br)cnn23)C1. The van der Waals surface area contributed by atoms with E-state index in [1.807, 2.05) is 60.7 Å². The van der Waals surface area contributed by atoms with Crippen LogP contribution in [0.1, 0.15) is 12.8 Å². The fourth-order valence-corrected chi connectivity index (χ4v) is 7.12. The van der Waals surface area contributed by atoms with E-state index in [1.54, 1.807) is 39.3 Å². The number of fused-ring (bicyclic) bond motifs is 1. The first-order chi connectivity index (χ1) is 19.9. The van der Waals surface area contributed by atoms with E-state index in [0.29, 0.717) is 41.8 Å². The minimum absolute atomic E-state index is 0.116. The van der Waals surface area contributed by atoms with Crippen LogP contribution in [0.3, 0.4) is 0 Å². The topological polar surface area (TPSA) is 88.8 Å². The molecule has 41 heavy (non-hydrogen) atoms. The first kappa shape index (κ1) is 27.7. The van der Waals surface area contributed by atoms with E-state index in [0.717, 1.165) is 34.4 Å². The van der Waals surface area contributed by atoms with Gasteiger partial charge >= 0.3 is 0 Å². The molecule has 0 bridgehead atoms. The van der Waals surface area contributed by atoms with Crippen molar-refractivity contribution in [3.63, 3.8) is 0 Å². The molecule has 2 aromatic heterocycles. The molecule has 3 heterocycles. The van der Waals surface area contributed by atoms with Crippen molar-refractivity contribution in [1.29, 1.82) is 0 Å². The second-order valence-corrected chi connectivity index (χ2v) is 13.1. The number of hydrogen-bond acceptors (Lipinski definition) is 6. The fourth-order valence-electron chi connectivity index (χ4n) is 4.98. The maximum Gasteiger partial charge on any atom is 0.243 e. The van der Waals surface area contributed by atoms with E-state index in [2.05, 4.69) is 26.3 Å². The Kier molecular flexibility index (Phi) is 7.99. The van der Waals surface area contributed by atoms with E-state index in [9.17, 15) is 8.42 Å². The highest BCUT2D eigenvalue weighted by molar-refractivity contribution is 9.10. The second kappa shape index (κ2) is 11.8. The minimum Gasteiger partial charge on any atom is -0.457 e. The van der Waals surface area contributed by atoms with Crippen LogP contribution in [0, 0.1) is 5.92 Å². The number of nitrogens with one attached hydrogen (secondary N) is 1. The highest BCUT2D eigenvalue weighted by Crippen LogP contribution is 2.31. The van der Waals surface area contributed by atoms with Crippen molar-refractivity contribution < 1.29 is 13.2 Å². The van der Waals surface area contributed by atoms with Gasteiger partial charge in [-0.25, -0.2) is 13.4 Å². The number of nitrogens with zero attached hydrogens (tertiary/aromatic N) is 4. The van der Waals surface area contributed by atoms with E-state index in [-0.39, 0.29) is 10.8 Å². The lowest BCUT2D eigenvalue weighted by Crippen LogP contribution is -2.41. The number of piperidine rings is 1. The zero-order valence-electron chi connectivity index (χ0n) is 22.0. The summed E-state index contributed by atoms with van der Waals surface area (Å²) in [5.41, 5.74) is 2.21. The van der Waals surface area contributed by atoms with Gasteiger partial charge in [-0.2, -0.15) is 13.9 Å². The highest BCUT2D eigenvalue weighted by Gasteiger charge is 2.30. The zero-order chi connectivity index (χ0) is 28.4. The zero-order valence-corrected chi connectivity index (χ0v) is 25.1. The predicted molar refractivity (Wildman–Crippen MR) is 164 cm³/mol. The lowest BCUT2D eigenvalue weighted by atomic mass is 10.00. The van der Waals surface area contributed by atoms with Crippen LogP contribution in [0.15, 0.2) is 100 Å². The largest absolute Gasteiger partial charge is 0.457 e. The number of benzene rings is 3. The van der Waals surface area contributed by atoms with Crippen LogP contribution in [0.2, 0.25) is 5.02 Å². The average Bonchev–Trinajstić information content (AvgIpc) is 3.37. The second-order valence-electron chi connectivity index (χ2n) is 9.87. The summed E-state index contributed by atoms with van der Waals surface area (Å²) in [7, 11) is -3.64. The Labute approximate surface area is 252 Å². The van der Waals surface area contributed by atoms with E-state index < -0.39 is 10.0 Å². The molecule has 1 saturated heterocycles. The third kappa shape index (κ3) is 5.97. The van der Waals surface area contributed by atoms with E-state index in [4.69, 9.17) is 21.3 Å². The van der Waals surface area contributed by atoms with Crippen LogP contribution >= 0.6 is 27.5 Å². The molecule has 0 amide bonds. The summed E-state index contributed by atoms with van der Waals surface area (Å²) < 4.78 is 36.9. The van der Waals surface area contributed by atoms with Crippen molar-refractivity contribution in [1.82, 2.24) is 18.9 Å². The number of anilines is 1. The molecule has 1 aliphatic heterocycles. The molecule has 11 heteroatoms. The lowest BCUT2D eigenvalue weighted by molar-refractivity contribution is 0.275. The minimum atomic E-state index is -3.64. The molecule has 6 rings (SSSR count). The smallest absolute Gasteiger partial charge is 0.243 e. The van der Waals surface area contributed by atoms with Crippen LogP contribution in [-0.2, 0) is 10.0 Å². The number of hydrogen-bond donors (Lipinski definition) is 1. The molecule has 0 aliphatic carbocycles. The molecule has 1 fully saturated rings.